The largest absolute Gasteiger partial charge is 0.491 e. The lowest BCUT2D eigenvalue weighted by Gasteiger charge is -2.52. The van der Waals surface area contributed by atoms with Crippen LogP contribution in [0.4, 0.5) is 5.69 Å². The van der Waals surface area contributed by atoms with Crippen LogP contribution in [0.1, 0.15) is 19.4 Å². The Labute approximate surface area is 226 Å². The summed E-state index contributed by atoms with van der Waals surface area (Å²) in [6, 6.07) is 9.95. The van der Waals surface area contributed by atoms with Crippen molar-refractivity contribution in [3.63, 3.8) is 0 Å². The van der Waals surface area contributed by atoms with Gasteiger partial charge < -0.3 is 24.4 Å². The number of nitro benzene ring substituents is 1. The number of nitrogens with one attached hydrogen (secondary N) is 1. The zero-order valence-electron chi connectivity index (χ0n) is 21.2. The van der Waals surface area contributed by atoms with Gasteiger partial charge in [0.25, 0.3) is 11.6 Å². The van der Waals surface area contributed by atoms with Crippen molar-refractivity contribution in [3.8, 4) is 11.5 Å². The van der Waals surface area contributed by atoms with E-state index in [2.05, 4.69) is 11.9 Å². The van der Waals surface area contributed by atoms with E-state index < -0.39 is 51.0 Å². The number of rotatable bonds is 10. The molecule has 0 aliphatic carbocycles. The first-order chi connectivity index (χ1) is 18.5. The number of nitrogens with zero attached hydrogens (tertiary/aromatic N) is 2. The monoisotopic (exact) mass is 557 g/mol. The summed E-state index contributed by atoms with van der Waals surface area (Å²) in [7, 11) is -1.59. The predicted molar refractivity (Wildman–Crippen MR) is 139 cm³/mol. The van der Waals surface area contributed by atoms with Gasteiger partial charge in [0.2, 0.25) is 5.91 Å². The lowest BCUT2D eigenvalue weighted by atomic mass is 9.98. The minimum absolute atomic E-state index is 0.0149. The van der Waals surface area contributed by atoms with Gasteiger partial charge >= 0.3 is 5.97 Å². The maximum absolute atomic E-state index is 12.9. The lowest BCUT2D eigenvalue weighted by Crippen LogP contribution is -2.77. The van der Waals surface area contributed by atoms with Crippen molar-refractivity contribution in [1.82, 2.24) is 10.2 Å². The van der Waals surface area contributed by atoms with Gasteiger partial charge in [-0.25, -0.2) is 4.79 Å². The molecular formula is C26H27N3O9S. The molecule has 4 rings (SSSR count). The van der Waals surface area contributed by atoms with Crippen LogP contribution in [-0.4, -0.2) is 67.7 Å². The highest BCUT2D eigenvalue weighted by Gasteiger charge is 2.59. The van der Waals surface area contributed by atoms with Gasteiger partial charge in [0, 0.05) is 17.9 Å². The van der Waals surface area contributed by atoms with Gasteiger partial charge in [-0.1, -0.05) is 6.58 Å². The first-order valence-electron chi connectivity index (χ1n) is 12.0. The van der Waals surface area contributed by atoms with E-state index in [1.54, 1.807) is 24.3 Å². The van der Waals surface area contributed by atoms with Crippen LogP contribution in [0.5, 0.6) is 11.5 Å². The number of carbonyl (C=O) groups excluding carboxylic acids is 3. The Morgan fingerprint density at radius 1 is 1.15 bits per heavy atom. The van der Waals surface area contributed by atoms with Gasteiger partial charge in [-0.15, -0.1) is 0 Å². The first kappa shape index (κ1) is 27.8. The Balaban J connectivity index is 1.32. The summed E-state index contributed by atoms with van der Waals surface area (Å²) >= 11 is 0. The lowest BCUT2D eigenvalue weighted by molar-refractivity contribution is -0.384. The smallest absolute Gasteiger partial charge is 0.333 e. The number of amides is 2. The van der Waals surface area contributed by atoms with E-state index >= 15 is 0 Å². The van der Waals surface area contributed by atoms with Crippen LogP contribution >= 0.6 is 0 Å². The molecule has 2 aromatic rings. The van der Waals surface area contributed by atoms with Crippen molar-refractivity contribution in [2.45, 2.75) is 44.0 Å². The molecule has 1 N–H and O–H groups in total. The molecule has 12 nitrogen and oxygen atoms in total. The number of esters is 1. The molecule has 206 valence electrons. The fourth-order valence-electron chi connectivity index (χ4n) is 4.19. The fraction of sp³-hybridized carbons (Fsp3) is 0.346. The number of nitro groups is 1. The van der Waals surface area contributed by atoms with E-state index in [1.807, 2.05) is 13.8 Å². The number of fused-ring (bicyclic) bond motifs is 1. The highest BCUT2D eigenvalue weighted by Crippen LogP contribution is 2.35. The normalized spacial score (nSPS) is 22.0. The van der Waals surface area contributed by atoms with Crippen LogP contribution in [0.2, 0.25) is 0 Å². The van der Waals surface area contributed by atoms with E-state index in [9.17, 15) is 28.7 Å². The summed E-state index contributed by atoms with van der Waals surface area (Å²) in [4.78, 5) is 49.7. The average molecular weight is 558 g/mol. The predicted octanol–water partition coefficient (Wildman–Crippen LogP) is 1.84. The van der Waals surface area contributed by atoms with Crippen molar-refractivity contribution in [2.24, 2.45) is 0 Å². The van der Waals surface area contributed by atoms with E-state index in [4.69, 9.17) is 14.2 Å². The topological polar surface area (TPSA) is 154 Å². The summed E-state index contributed by atoms with van der Waals surface area (Å²) in [5, 5.41) is 12.4. The molecular weight excluding hydrogens is 530 g/mol. The van der Waals surface area contributed by atoms with E-state index in [1.165, 1.54) is 24.3 Å². The number of carbonyl (C=O) groups is 3. The Bertz CT molecular complexity index is 1310. The zero-order valence-corrected chi connectivity index (χ0v) is 22.1. The van der Waals surface area contributed by atoms with Gasteiger partial charge in [-0.05, 0) is 61.4 Å². The molecule has 0 saturated carbocycles. The second-order valence-electron chi connectivity index (χ2n) is 9.23. The summed E-state index contributed by atoms with van der Waals surface area (Å²) in [6.07, 6.45) is 0.0149. The molecule has 2 saturated heterocycles. The van der Waals surface area contributed by atoms with Gasteiger partial charge in [0.1, 0.15) is 29.5 Å². The third kappa shape index (κ3) is 6.25. The number of benzene rings is 2. The zero-order chi connectivity index (χ0) is 28.3. The molecule has 4 atom stereocenters. The molecule has 0 bridgehead atoms. The van der Waals surface area contributed by atoms with E-state index in [-0.39, 0.29) is 36.3 Å². The van der Waals surface area contributed by atoms with Gasteiger partial charge in [0.05, 0.1) is 21.8 Å². The summed E-state index contributed by atoms with van der Waals surface area (Å²) in [5.74, 6) is -0.907. The minimum Gasteiger partial charge on any atom is -0.491 e. The Kier molecular flexibility index (Phi) is 8.29. The van der Waals surface area contributed by atoms with Crippen molar-refractivity contribution >= 4 is 34.3 Å². The highest BCUT2D eigenvalue weighted by molar-refractivity contribution is 7.86. The highest BCUT2D eigenvalue weighted by atomic mass is 32.2. The first-order valence-corrected chi connectivity index (χ1v) is 13.4. The standard InChI is InChI=1S/C26H27N3O9S/c1-15(2)38-20-10-8-19(9-11-20)36-13-21(30)27-22-24(31)28-23(16(3)14-39(35)25(22)28)26(32)37-12-17-4-6-18(7-5-17)29(33)34/h4-11,15,22-23,25H,3,12-14H2,1-2H3,(H,27,30)/t22?,23?,25-,39?/m0/s1. The van der Waals surface area contributed by atoms with Gasteiger partial charge in [0.15, 0.2) is 12.6 Å². The molecule has 3 unspecified atom stereocenters. The number of hydrogen-bond acceptors (Lipinski definition) is 9. The van der Waals surface area contributed by atoms with Gasteiger partial charge in [-0.3, -0.25) is 23.9 Å². The molecule has 0 spiro atoms. The van der Waals surface area contributed by atoms with Crippen molar-refractivity contribution < 1.29 is 37.7 Å². The fourth-order valence-corrected chi connectivity index (χ4v) is 5.85. The van der Waals surface area contributed by atoms with Crippen LogP contribution in [0, 0.1) is 10.1 Å². The summed E-state index contributed by atoms with van der Waals surface area (Å²) in [6.45, 7) is 7.05. The molecule has 2 amide bonds. The second kappa shape index (κ2) is 11.6. The third-order valence-corrected chi connectivity index (χ3v) is 7.67. The van der Waals surface area contributed by atoms with Crippen molar-refractivity contribution in [3.05, 3.63) is 76.4 Å². The molecule has 2 aliphatic heterocycles. The molecule has 2 aromatic carbocycles. The maximum atomic E-state index is 12.9. The number of β-lactam (4-membered cyclic amide) rings is 1. The summed E-state index contributed by atoms with van der Waals surface area (Å²) in [5.41, 5.74) is 0.664. The molecule has 2 fully saturated rings. The molecule has 39 heavy (non-hydrogen) atoms. The summed E-state index contributed by atoms with van der Waals surface area (Å²) < 4.78 is 29.1. The number of hydrogen-bond donors (Lipinski definition) is 1. The maximum Gasteiger partial charge on any atom is 0.333 e. The quantitative estimate of drug-likeness (QED) is 0.151. The third-order valence-electron chi connectivity index (χ3n) is 5.98. The SMILES string of the molecule is C=C1CS(=O)[C@H]2C(NC(=O)COc3ccc(OC(C)C)cc3)C(=O)N2C1C(=O)OCc1ccc([N+](=O)[O-])cc1. The van der Waals surface area contributed by atoms with Crippen LogP contribution in [0.3, 0.4) is 0 Å². The molecule has 13 heteroatoms. The van der Waals surface area contributed by atoms with Crippen LogP contribution in [0.15, 0.2) is 60.7 Å². The van der Waals surface area contributed by atoms with E-state index in [0.717, 1.165) is 4.90 Å². The number of non-ortho nitro benzene ring substituents is 1. The molecule has 2 aliphatic rings. The second-order valence-corrected chi connectivity index (χ2v) is 10.8. The molecule has 2 heterocycles. The van der Waals surface area contributed by atoms with Gasteiger partial charge in [-0.2, -0.15) is 0 Å². The Hall–Kier alpha value is -4.26. The average Bonchev–Trinajstić information content (AvgIpc) is 2.89. The van der Waals surface area contributed by atoms with Crippen LogP contribution in [-0.2, 0) is 36.5 Å². The molecule has 0 aromatic heterocycles. The van der Waals surface area contributed by atoms with Crippen LogP contribution < -0.4 is 14.8 Å². The van der Waals surface area contributed by atoms with Crippen molar-refractivity contribution in [2.75, 3.05) is 12.4 Å². The van der Waals surface area contributed by atoms with Crippen molar-refractivity contribution in [1.29, 1.82) is 0 Å². The molecule has 0 radical (unpaired) electrons. The Morgan fingerprint density at radius 3 is 2.41 bits per heavy atom. The van der Waals surface area contributed by atoms with Crippen LogP contribution in [0.25, 0.3) is 0 Å². The van der Waals surface area contributed by atoms with E-state index in [0.29, 0.717) is 17.1 Å². The number of ether oxygens (including phenoxy) is 3. The minimum atomic E-state index is -1.59. The Morgan fingerprint density at radius 2 is 1.79 bits per heavy atom.